The van der Waals surface area contributed by atoms with Gasteiger partial charge in [0.25, 0.3) is 0 Å². The van der Waals surface area contributed by atoms with Crippen molar-refractivity contribution in [2.45, 2.75) is 34.2 Å². The van der Waals surface area contributed by atoms with E-state index in [-0.39, 0.29) is 12.4 Å². The highest BCUT2D eigenvalue weighted by molar-refractivity contribution is 5.85. The topological polar surface area (TPSA) is 12.0 Å². The summed E-state index contributed by atoms with van der Waals surface area (Å²) in [7, 11) is 2.00. The van der Waals surface area contributed by atoms with Crippen LogP contribution in [0.25, 0.3) is 11.1 Å². The Morgan fingerprint density at radius 2 is 1.30 bits per heavy atom. The largest absolute Gasteiger partial charge is 0.316 e. The average molecular weight is 290 g/mol. The van der Waals surface area contributed by atoms with Crippen molar-refractivity contribution >= 4 is 12.4 Å². The second kappa shape index (κ2) is 6.92. The number of nitrogens with one attached hydrogen (secondary N) is 1. The van der Waals surface area contributed by atoms with Gasteiger partial charge in [-0.1, -0.05) is 30.3 Å². The predicted molar refractivity (Wildman–Crippen MR) is 90.8 cm³/mol. The second-order valence-corrected chi connectivity index (χ2v) is 5.42. The van der Waals surface area contributed by atoms with Crippen molar-refractivity contribution in [1.29, 1.82) is 0 Å². The number of hydrogen-bond donors (Lipinski definition) is 1. The van der Waals surface area contributed by atoms with E-state index in [9.17, 15) is 0 Å². The molecule has 0 aliphatic rings. The van der Waals surface area contributed by atoms with Gasteiger partial charge in [0.15, 0.2) is 0 Å². The standard InChI is InChI=1S/C18H23N.ClH/c1-12-6-7-16(8-13(12)2)17-9-14(3)18(11-19-5)15(4)10-17;/h6-10,19H,11H2,1-5H3;1H. The first kappa shape index (κ1) is 16.7. The fourth-order valence-electron chi connectivity index (χ4n) is 2.54. The van der Waals surface area contributed by atoms with Gasteiger partial charge in [-0.15, -0.1) is 12.4 Å². The minimum atomic E-state index is 0. The molecule has 0 unspecified atom stereocenters. The Balaban J connectivity index is 0.00000200. The van der Waals surface area contributed by atoms with Gasteiger partial charge in [-0.2, -0.15) is 0 Å². The normalized spacial score (nSPS) is 10.2. The maximum absolute atomic E-state index is 3.24. The molecule has 108 valence electrons. The molecule has 0 fully saturated rings. The predicted octanol–water partition coefficient (Wildman–Crippen LogP) is 4.73. The van der Waals surface area contributed by atoms with Crippen LogP contribution in [0.2, 0.25) is 0 Å². The van der Waals surface area contributed by atoms with E-state index in [2.05, 4.69) is 63.3 Å². The molecule has 0 heterocycles. The molecule has 20 heavy (non-hydrogen) atoms. The highest BCUT2D eigenvalue weighted by Gasteiger charge is 2.06. The summed E-state index contributed by atoms with van der Waals surface area (Å²) in [4.78, 5) is 0. The van der Waals surface area contributed by atoms with E-state index in [0.717, 1.165) is 6.54 Å². The van der Waals surface area contributed by atoms with Crippen LogP contribution in [0.15, 0.2) is 30.3 Å². The van der Waals surface area contributed by atoms with Crippen molar-refractivity contribution < 1.29 is 0 Å². The minimum Gasteiger partial charge on any atom is -0.316 e. The molecule has 2 aromatic carbocycles. The van der Waals surface area contributed by atoms with Crippen LogP contribution in [0.5, 0.6) is 0 Å². The van der Waals surface area contributed by atoms with E-state index < -0.39 is 0 Å². The molecule has 2 aromatic rings. The Morgan fingerprint density at radius 1 is 0.750 bits per heavy atom. The summed E-state index contributed by atoms with van der Waals surface area (Å²) < 4.78 is 0. The van der Waals surface area contributed by atoms with Crippen LogP contribution in [0.4, 0.5) is 0 Å². The zero-order chi connectivity index (χ0) is 14.0. The highest BCUT2D eigenvalue weighted by atomic mass is 35.5. The van der Waals surface area contributed by atoms with Crippen LogP contribution < -0.4 is 5.32 Å². The van der Waals surface area contributed by atoms with Crippen LogP contribution in [0.3, 0.4) is 0 Å². The van der Waals surface area contributed by atoms with E-state index in [1.165, 1.54) is 38.9 Å². The summed E-state index contributed by atoms with van der Waals surface area (Å²) >= 11 is 0. The number of hydrogen-bond acceptors (Lipinski definition) is 1. The van der Waals surface area contributed by atoms with E-state index in [4.69, 9.17) is 0 Å². The van der Waals surface area contributed by atoms with Gasteiger partial charge in [0.2, 0.25) is 0 Å². The molecule has 2 rings (SSSR count). The van der Waals surface area contributed by atoms with Crippen molar-refractivity contribution in [3.8, 4) is 11.1 Å². The van der Waals surface area contributed by atoms with E-state index in [1.54, 1.807) is 0 Å². The SMILES string of the molecule is CNCc1c(C)cc(-c2ccc(C)c(C)c2)cc1C.Cl. The fourth-order valence-corrected chi connectivity index (χ4v) is 2.54. The third-order valence-corrected chi connectivity index (χ3v) is 3.89. The molecule has 0 saturated carbocycles. The fraction of sp³-hybridized carbons (Fsp3) is 0.333. The van der Waals surface area contributed by atoms with Gasteiger partial charge in [-0.25, -0.2) is 0 Å². The van der Waals surface area contributed by atoms with Crippen LogP contribution in [-0.4, -0.2) is 7.05 Å². The molecule has 2 heteroatoms. The molecular weight excluding hydrogens is 266 g/mol. The minimum absolute atomic E-state index is 0. The van der Waals surface area contributed by atoms with Gasteiger partial charge in [-0.3, -0.25) is 0 Å². The summed E-state index contributed by atoms with van der Waals surface area (Å²) in [5, 5.41) is 3.24. The van der Waals surface area contributed by atoms with E-state index in [1.807, 2.05) is 7.05 Å². The van der Waals surface area contributed by atoms with Gasteiger partial charge in [0.05, 0.1) is 0 Å². The summed E-state index contributed by atoms with van der Waals surface area (Å²) in [6.07, 6.45) is 0. The molecule has 0 bridgehead atoms. The first-order valence-electron chi connectivity index (χ1n) is 6.85. The summed E-state index contributed by atoms with van der Waals surface area (Å²) in [6, 6.07) is 11.3. The molecule has 0 aliphatic heterocycles. The summed E-state index contributed by atoms with van der Waals surface area (Å²) in [5.41, 5.74) is 9.47. The zero-order valence-electron chi connectivity index (χ0n) is 13.0. The lowest BCUT2D eigenvalue weighted by Gasteiger charge is -2.13. The van der Waals surface area contributed by atoms with Crippen LogP contribution in [0.1, 0.15) is 27.8 Å². The number of benzene rings is 2. The van der Waals surface area contributed by atoms with Crippen LogP contribution in [-0.2, 0) is 6.54 Å². The Hall–Kier alpha value is -1.31. The maximum atomic E-state index is 3.24. The molecule has 0 saturated heterocycles. The number of rotatable bonds is 3. The Bertz CT molecular complexity index is 579. The average Bonchev–Trinajstić information content (AvgIpc) is 2.37. The first-order chi connectivity index (χ1) is 9.02. The Morgan fingerprint density at radius 3 is 1.80 bits per heavy atom. The van der Waals surface area contributed by atoms with Crippen molar-refractivity contribution in [1.82, 2.24) is 5.32 Å². The van der Waals surface area contributed by atoms with Gasteiger partial charge >= 0.3 is 0 Å². The van der Waals surface area contributed by atoms with Gasteiger partial charge < -0.3 is 5.32 Å². The van der Waals surface area contributed by atoms with Crippen LogP contribution >= 0.6 is 12.4 Å². The quantitative estimate of drug-likeness (QED) is 0.861. The smallest absolute Gasteiger partial charge is 0.0207 e. The third kappa shape index (κ3) is 3.41. The van der Waals surface area contributed by atoms with Gasteiger partial charge in [-0.05, 0) is 73.7 Å². The molecule has 0 aromatic heterocycles. The molecule has 0 radical (unpaired) electrons. The molecule has 0 spiro atoms. The van der Waals surface area contributed by atoms with Crippen molar-refractivity contribution in [2.75, 3.05) is 7.05 Å². The summed E-state index contributed by atoms with van der Waals surface area (Å²) in [5.74, 6) is 0. The maximum Gasteiger partial charge on any atom is 0.0207 e. The molecular formula is C18H24ClN. The second-order valence-electron chi connectivity index (χ2n) is 5.42. The lowest BCUT2D eigenvalue weighted by atomic mass is 9.94. The number of halogens is 1. The lowest BCUT2D eigenvalue weighted by molar-refractivity contribution is 0.806. The number of aryl methyl sites for hydroxylation is 4. The molecule has 0 amide bonds. The van der Waals surface area contributed by atoms with Crippen molar-refractivity contribution in [2.24, 2.45) is 0 Å². The molecule has 0 atom stereocenters. The van der Waals surface area contributed by atoms with Crippen molar-refractivity contribution in [3.63, 3.8) is 0 Å². The Labute approximate surface area is 128 Å². The first-order valence-corrected chi connectivity index (χ1v) is 6.85. The molecule has 1 N–H and O–H groups in total. The van der Waals surface area contributed by atoms with E-state index >= 15 is 0 Å². The zero-order valence-corrected chi connectivity index (χ0v) is 13.8. The van der Waals surface area contributed by atoms with Gasteiger partial charge in [0, 0.05) is 6.54 Å². The lowest BCUT2D eigenvalue weighted by Crippen LogP contribution is -2.08. The third-order valence-electron chi connectivity index (χ3n) is 3.89. The van der Waals surface area contributed by atoms with Gasteiger partial charge in [0.1, 0.15) is 0 Å². The molecule has 0 aliphatic carbocycles. The highest BCUT2D eigenvalue weighted by Crippen LogP contribution is 2.26. The Kier molecular flexibility index (Phi) is 5.79. The molecule has 1 nitrogen and oxygen atoms in total. The van der Waals surface area contributed by atoms with Crippen LogP contribution in [0, 0.1) is 27.7 Å². The van der Waals surface area contributed by atoms with E-state index in [0.29, 0.717) is 0 Å². The monoisotopic (exact) mass is 289 g/mol. The summed E-state index contributed by atoms with van der Waals surface area (Å²) in [6.45, 7) is 9.67. The van der Waals surface area contributed by atoms with Crippen molar-refractivity contribution in [3.05, 3.63) is 58.1 Å².